The molecule has 0 aromatic heterocycles. The molecule has 1 nitrogen and oxygen atoms in total. The zero-order valence-corrected chi connectivity index (χ0v) is 12.7. The highest BCUT2D eigenvalue weighted by Crippen LogP contribution is 2.39. The smallest absolute Gasteiger partial charge is 0.0595 e. The molecule has 1 aliphatic rings. The van der Waals surface area contributed by atoms with Gasteiger partial charge in [-0.1, -0.05) is 59.6 Å². The average Bonchev–Trinajstić information content (AvgIpc) is 2.94. The predicted molar refractivity (Wildman–Crippen MR) is 90.5 cm³/mol. The highest BCUT2D eigenvalue weighted by Gasteiger charge is 2.24. The van der Waals surface area contributed by atoms with Crippen molar-refractivity contribution in [1.29, 1.82) is 0 Å². The maximum Gasteiger partial charge on any atom is 0.0595 e. The minimum Gasteiger partial charge on any atom is -0.378 e. The standard InChI is InChI=1S/C18H13Cl2N/c19-15-7-5-12(9-16(15)20)18-10-14-13-4-2-1-3-11(13)6-8-17(14)21-18/h1-9,18,21H,10H2. The fourth-order valence-electron chi connectivity index (χ4n) is 3.06. The van der Waals surface area contributed by atoms with Crippen LogP contribution < -0.4 is 5.32 Å². The first kappa shape index (κ1) is 13.0. The minimum atomic E-state index is 0.251. The summed E-state index contributed by atoms with van der Waals surface area (Å²) in [5.41, 5.74) is 3.76. The molecule has 0 amide bonds. The lowest BCUT2D eigenvalue weighted by atomic mass is 9.98. The van der Waals surface area contributed by atoms with Crippen LogP contribution in [0.1, 0.15) is 17.2 Å². The average molecular weight is 314 g/mol. The number of anilines is 1. The highest BCUT2D eigenvalue weighted by atomic mass is 35.5. The van der Waals surface area contributed by atoms with Crippen molar-refractivity contribution in [3.05, 3.63) is 75.8 Å². The van der Waals surface area contributed by atoms with Gasteiger partial charge in [0, 0.05) is 5.69 Å². The molecule has 1 atom stereocenters. The second-order valence-corrected chi connectivity index (χ2v) is 6.20. The first-order chi connectivity index (χ1) is 10.2. The van der Waals surface area contributed by atoms with E-state index in [-0.39, 0.29) is 6.04 Å². The highest BCUT2D eigenvalue weighted by molar-refractivity contribution is 6.42. The molecule has 0 saturated carbocycles. The molecule has 0 bridgehead atoms. The van der Waals surface area contributed by atoms with E-state index >= 15 is 0 Å². The summed E-state index contributed by atoms with van der Waals surface area (Å²) in [4.78, 5) is 0. The normalized spacial score (nSPS) is 16.8. The monoisotopic (exact) mass is 313 g/mol. The number of hydrogen-bond donors (Lipinski definition) is 1. The topological polar surface area (TPSA) is 12.0 Å². The number of halogens is 2. The van der Waals surface area contributed by atoms with Crippen LogP contribution in [-0.4, -0.2) is 0 Å². The van der Waals surface area contributed by atoms with Gasteiger partial charge in [0.1, 0.15) is 0 Å². The zero-order valence-electron chi connectivity index (χ0n) is 11.2. The van der Waals surface area contributed by atoms with Crippen molar-refractivity contribution in [2.75, 3.05) is 5.32 Å². The largest absolute Gasteiger partial charge is 0.378 e. The summed E-state index contributed by atoms with van der Waals surface area (Å²) >= 11 is 12.1. The van der Waals surface area contributed by atoms with Gasteiger partial charge in [-0.25, -0.2) is 0 Å². The lowest BCUT2D eigenvalue weighted by molar-refractivity contribution is 0.827. The number of benzene rings is 3. The van der Waals surface area contributed by atoms with Crippen molar-refractivity contribution >= 4 is 39.7 Å². The van der Waals surface area contributed by atoms with Crippen LogP contribution in [-0.2, 0) is 6.42 Å². The molecule has 1 aliphatic heterocycles. The van der Waals surface area contributed by atoms with E-state index in [4.69, 9.17) is 23.2 Å². The third-order valence-corrected chi connectivity index (χ3v) is 4.86. The number of fused-ring (bicyclic) bond motifs is 3. The minimum absolute atomic E-state index is 0.251. The SMILES string of the molecule is Clc1ccc(C2Cc3c(ccc4ccccc34)N2)cc1Cl. The molecule has 21 heavy (non-hydrogen) atoms. The van der Waals surface area contributed by atoms with Crippen LogP contribution in [0.4, 0.5) is 5.69 Å². The molecule has 1 unspecified atom stereocenters. The zero-order chi connectivity index (χ0) is 14.4. The van der Waals surface area contributed by atoms with Gasteiger partial charge in [-0.2, -0.15) is 0 Å². The van der Waals surface area contributed by atoms with E-state index in [1.54, 1.807) is 0 Å². The van der Waals surface area contributed by atoms with Crippen LogP contribution in [0, 0.1) is 0 Å². The van der Waals surface area contributed by atoms with Gasteiger partial charge in [-0.3, -0.25) is 0 Å². The van der Waals surface area contributed by atoms with Crippen molar-refractivity contribution in [3.63, 3.8) is 0 Å². The van der Waals surface area contributed by atoms with Crippen LogP contribution >= 0.6 is 23.2 Å². The van der Waals surface area contributed by atoms with Crippen LogP contribution in [0.2, 0.25) is 10.0 Å². The molecule has 0 aliphatic carbocycles. The van der Waals surface area contributed by atoms with E-state index in [0.29, 0.717) is 10.0 Å². The number of nitrogens with one attached hydrogen (secondary N) is 1. The third kappa shape index (κ3) is 2.17. The molecule has 1 N–H and O–H groups in total. The quantitative estimate of drug-likeness (QED) is 0.593. The van der Waals surface area contributed by atoms with Gasteiger partial charge in [0.05, 0.1) is 16.1 Å². The fraction of sp³-hybridized carbons (Fsp3) is 0.111. The van der Waals surface area contributed by atoms with Gasteiger partial charge in [0.25, 0.3) is 0 Å². The summed E-state index contributed by atoms with van der Waals surface area (Å²) in [7, 11) is 0. The van der Waals surface area contributed by atoms with Gasteiger partial charge >= 0.3 is 0 Å². The maximum atomic E-state index is 6.14. The number of rotatable bonds is 1. The van der Waals surface area contributed by atoms with Crippen LogP contribution in [0.25, 0.3) is 10.8 Å². The maximum absolute atomic E-state index is 6.14. The van der Waals surface area contributed by atoms with Crippen LogP contribution in [0.5, 0.6) is 0 Å². The Morgan fingerprint density at radius 2 is 1.76 bits per heavy atom. The Morgan fingerprint density at radius 3 is 2.62 bits per heavy atom. The van der Waals surface area contributed by atoms with Crippen molar-refractivity contribution in [3.8, 4) is 0 Å². The molecule has 0 spiro atoms. The van der Waals surface area contributed by atoms with Gasteiger partial charge in [-0.05, 0) is 46.5 Å². The Bertz CT molecular complexity index is 842. The van der Waals surface area contributed by atoms with Gasteiger partial charge < -0.3 is 5.32 Å². The summed E-state index contributed by atoms with van der Waals surface area (Å²) in [6.45, 7) is 0. The van der Waals surface area contributed by atoms with Crippen molar-refractivity contribution in [1.82, 2.24) is 0 Å². The summed E-state index contributed by atoms with van der Waals surface area (Å²) in [6, 6.07) is 18.9. The molecule has 0 saturated heterocycles. The van der Waals surface area contributed by atoms with Crippen molar-refractivity contribution in [2.45, 2.75) is 12.5 Å². The first-order valence-corrected chi connectivity index (χ1v) is 7.70. The molecule has 3 heteroatoms. The van der Waals surface area contributed by atoms with Crippen molar-refractivity contribution in [2.24, 2.45) is 0 Å². The molecule has 0 radical (unpaired) electrons. The van der Waals surface area contributed by atoms with E-state index in [9.17, 15) is 0 Å². The van der Waals surface area contributed by atoms with Crippen LogP contribution in [0.15, 0.2) is 54.6 Å². The summed E-state index contributed by atoms with van der Waals surface area (Å²) in [5.74, 6) is 0. The van der Waals surface area contributed by atoms with Gasteiger partial charge in [0.15, 0.2) is 0 Å². The summed E-state index contributed by atoms with van der Waals surface area (Å²) in [6.07, 6.45) is 0.967. The molecule has 4 rings (SSSR count). The molecule has 1 heterocycles. The number of hydrogen-bond acceptors (Lipinski definition) is 1. The fourth-order valence-corrected chi connectivity index (χ4v) is 3.37. The second kappa shape index (κ2) is 4.94. The van der Waals surface area contributed by atoms with E-state index in [0.717, 1.165) is 6.42 Å². The molecule has 0 fully saturated rings. The Balaban J connectivity index is 1.76. The van der Waals surface area contributed by atoms with E-state index in [1.807, 2.05) is 18.2 Å². The Kier molecular flexibility index (Phi) is 3.06. The second-order valence-electron chi connectivity index (χ2n) is 5.39. The Labute approximate surface area is 133 Å². The lowest BCUT2D eigenvalue weighted by Crippen LogP contribution is -2.05. The van der Waals surface area contributed by atoms with Crippen molar-refractivity contribution < 1.29 is 0 Å². The van der Waals surface area contributed by atoms with E-state index in [2.05, 4.69) is 41.7 Å². The Hall–Kier alpha value is -1.70. The molecular formula is C18H13Cl2N. The van der Waals surface area contributed by atoms with Gasteiger partial charge in [0.2, 0.25) is 0 Å². The molecule has 104 valence electrons. The summed E-state index contributed by atoms with van der Waals surface area (Å²) < 4.78 is 0. The molecular weight excluding hydrogens is 301 g/mol. The molecule has 3 aromatic carbocycles. The summed E-state index contributed by atoms with van der Waals surface area (Å²) in [5, 5.41) is 7.40. The predicted octanol–water partition coefficient (Wildman–Crippen LogP) is 5.86. The van der Waals surface area contributed by atoms with Gasteiger partial charge in [-0.15, -0.1) is 0 Å². The third-order valence-electron chi connectivity index (χ3n) is 4.12. The Morgan fingerprint density at radius 1 is 0.905 bits per heavy atom. The van der Waals surface area contributed by atoms with E-state index in [1.165, 1.54) is 27.6 Å². The first-order valence-electron chi connectivity index (χ1n) is 6.94. The lowest BCUT2D eigenvalue weighted by Gasteiger charge is -2.12. The van der Waals surface area contributed by atoms with Crippen LogP contribution in [0.3, 0.4) is 0 Å². The van der Waals surface area contributed by atoms with E-state index < -0.39 is 0 Å². The molecule has 3 aromatic rings.